The summed E-state index contributed by atoms with van der Waals surface area (Å²) >= 11 is 0. The van der Waals surface area contributed by atoms with Crippen LogP contribution >= 0.6 is 0 Å². The summed E-state index contributed by atoms with van der Waals surface area (Å²) in [5.41, 5.74) is 0.995. The van der Waals surface area contributed by atoms with Crippen molar-refractivity contribution in [3.8, 4) is 11.5 Å². The number of nitrogens with zero attached hydrogens (tertiary/aromatic N) is 1. The third-order valence-electron chi connectivity index (χ3n) is 5.06. The fourth-order valence-corrected chi connectivity index (χ4v) is 5.25. The van der Waals surface area contributed by atoms with Crippen molar-refractivity contribution in [1.29, 1.82) is 0 Å². The summed E-state index contributed by atoms with van der Waals surface area (Å²) < 4.78 is 34.9. The molecule has 0 aromatic heterocycles. The van der Waals surface area contributed by atoms with Crippen molar-refractivity contribution >= 4 is 15.8 Å². The predicted octanol–water partition coefficient (Wildman–Crippen LogP) is 1.48. The fourth-order valence-electron chi connectivity index (χ4n) is 3.39. The van der Waals surface area contributed by atoms with Crippen LogP contribution in [0.25, 0.3) is 0 Å². The summed E-state index contributed by atoms with van der Waals surface area (Å²) in [6.07, 6.45) is 3.90. The second-order valence-electron chi connectivity index (χ2n) is 7.53. The molecule has 2 fully saturated rings. The van der Waals surface area contributed by atoms with Gasteiger partial charge in [0.2, 0.25) is 0 Å². The maximum Gasteiger partial charge on any atom is 0.191 e. The number of sulfone groups is 1. The van der Waals surface area contributed by atoms with E-state index in [2.05, 4.69) is 10.6 Å². The average Bonchev–Trinajstić information content (AvgIpc) is 3.43. The number of nitrogens with one attached hydrogen (secondary N) is 2. The number of rotatable bonds is 5. The number of aliphatic imine (C=N–C) groups is 1. The maximum atomic E-state index is 11.6. The number of benzene rings is 1. The van der Waals surface area contributed by atoms with Crippen LogP contribution in [0.15, 0.2) is 23.2 Å². The Hall–Kier alpha value is -1.96. The summed E-state index contributed by atoms with van der Waals surface area (Å²) in [4.78, 5) is 4.72. The van der Waals surface area contributed by atoms with E-state index in [9.17, 15) is 8.42 Å². The molecule has 0 bridgehead atoms. The van der Waals surface area contributed by atoms with Crippen LogP contribution in [0.3, 0.4) is 0 Å². The van der Waals surface area contributed by atoms with Gasteiger partial charge >= 0.3 is 0 Å². The van der Waals surface area contributed by atoms with Crippen LogP contribution in [0.1, 0.15) is 31.2 Å². The van der Waals surface area contributed by atoms with Gasteiger partial charge in [-0.15, -0.1) is 0 Å². The lowest BCUT2D eigenvalue weighted by atomic mass is 10.1. The lowest BCUT2D eigenvalue weighted by Gasteiger charge is -2.16. The van der Waals surface area contributed by atoms with Gasteiger partial charge in [-0.2, -0.15) is 0 Å². The Kier molecular flexibility index (Phi) is 5.43. The van der Waals surface area contributed by atoms with E-state index in [-0.39, 0.29) is 11.7 Å². The molecule has 1 aliphatic carbocycles. The lowest BCUT2D eigenvalue weighted by Crippen LogP contribution is -2.41. The minimum absolute atomic E-state index is 0.158. The normalized spacial score (nSPS) is 24.3. The first-order valence-electron chi connectivity index (χ1n) is 9.72. The van der Waals surface area contributed by atoms with Crippen molar-refractivity contribution in [2.45, 2.75) is 38.3 Å². The molecule has 1 saturated carbocycles. The van der Waals surface area contributed by atoms with E-state index in [1.165, 1.54) is 0 Å². The Morgan fingerprint density at radius 2 is 2.04 bits per heavy atom. The molecule has 2 aliphatic heterocycles. The second kappa shape index (κ2) is 7.96. The Labute approximate surface area is 160 Å². The molecule has 7 nitrogen and oxygen atoms in total. The molecule has 1 unspecified atom stereocenters. The number of hydrogen-bond acceptors (Lipinski definition) is 5. The Bertz CT molecular complexity index is 805. The SMILES string of the molecule is O=S1(=O)CCC(CNC(=NCc2cccc3c2OCCCO3)NC2CC2)C1. The van der Waals surface area contributed by atoms with Crippen molar-refractivity contribution in [3.05, 3.63) is 23.8 Å². The largest absolute Gasteiger partial charge is 0.490 e. The minimum atomic E-state index is -2.85. The minimum Gasteiger partial charge on any atom is -0.490 e. The number of hydrogen-bond donors (Lipinski definition) is 2. The van der Waals surface area contributed by atoms with E-state index in [1.54, 1.807) is 0 Å². The summed E-state index contributed by atoms with van der Waals surface area (Å²) in [5.74, 6) is 3.04. The molecule has 0 radical (unpaired) electrons. The number of guanidine groups is 1. The highest BCUT2D eigenvalue weighted by atomic mass is 32.2. The Morgan fingerprint density at radius 3 is 2.81 bits per heavy atom. The van der Waals surface area contributed by atoms with Gasteiger partial charge in [-0.1, -0.05) is 12.1 Å². The highest BCUT2D eigenvalue weighted by molar-refractivity contribution is 7.91. The van der Waals surface area contributed by atoms with Crippen LogP contribution < -0.4 is 20.1 Å². The van der Waals surface area contributed by atoms with E-state index in [0.29, 0.717) is 38.1 Å². The van der Waals surface area contributed by atoms with E-state index in [1.807, 2.05) is 18.2 Å². The molecule has 8 heteroatoms. The summed E-state index contributed by atoms with van der Waals surface area (Å²) in [6, 6.07) is 6.37. The van der Waals surface area contributed by atoms with E-state index < -0.39 is 9.84 Å². The van der Waals surface area contributed by atoms with E-state index in [4.69, 9.17) is 14.5 Å². The average molecular weight is 394 g/mol. The molecule has 3 aliphatic rings. The molecule has 148 valence electrons. The molecule has 1 aromatic carbocycles. The summed E-state index contributed by atoms with van der Waals surface area (Å²) in [7, 11) is -2.85. The van der Waals surface area contributed by atoms with Crippen LogP contribution in [0, 0.1) is 5.92 Å². The standard InChI is InChI=1S/C19H27N3O4S/c23-27(24)10-7-14(13-27)11-20-19(22-16-5-6-16)21-12-15-3-1-4-17-18(15)26-9-2-8-25-17/h1,3-4,14,16H,2,5-13H2,(H2,20,21,22). The van der Waals surface area contributed by atoms with E-state index in [0.717, 1.165) is 48.7 Å². The molecular formula is C19H27N3O4S. The molecule has 27 heavy (non-hydrogen) atoms. The van der Waals surface area contributed by atoms with Gasteiger partial charge < -0.3 is 20.1 Å². The molecule has 1 aromatic rings. The van der Waals surface area contributed by atoms with Crippen molar-refractivity contribution in [1.82, 2.24) is 10.6 Å². The summed E-state index contributed by atoms with van der Waals surface area (Å²) in [5, 5.41) is 6.75. The van der Waals surface area contributed by atoms with Crippen molar-refractivity contribution in [2.24, 2.45) is 10.9 Å². The Balaban J connectivity index is 1.42. The first kappa shape index (κ1) is 18.4. The van der Waals surface area contributed by atoms with Crippen molar-refractivity contribution in [2.75, 3.05) is 31.3 Å². The third kappa shape index (κ3) is 5.06. The molecular weight excluding hydrogens is 366 g/mol. The zero-order chi connectivity index (χ0) is 18.7. The number of para-hydroxylation sites is 1. The van der Waals surface area contributed by atoms with Crippen LogP contribution in [0.4, 0.5) is 0 Å². The molecule has 2 heterocycles. The third-order valence-corrected chi connectivity index (χ3v) is 6.90. The van der Waals surface area contributed by atoms with Gasteiger partial charge in [0, 0.05) is 24.6 Å². The predicted molar refractivity (Wildman–Crippen MR) is 104 cm³/mol. The van der Waals surface area contributed by atoms with E-state index >= 15 is 0 Å². The molecule has 1 saturated heterocycles. The zero-order valence-electron chi connectivity index (χ0n) is 15.4. The monoisotopic (exact) mass is 393 g/mol. The first-order chi connectivity index (χ1) is 13.1. The first-order valence-corrected chi connectivity index (χ1v) is 11.5. The van der Waals surface area contributed by atoms with Crippen LogP contribution in [0.5, 0.6) is 11.5 Å². The van der Waals surface area contributed by atoms with Gasteiger partial charge in [-0.05, 0) is 31.2 Å². The zero-order valence-corrected chi connectivity index (χ0v) is 16.3. The quantitative estimate of drug-likeness (QED) is 0.582. The van der Waals surface area contributed by atoms with Gasteiger partial charge in [0.05, 0.1) is 31.3 Å². The van der Waals surface area contributed by atoms with Crippen LogP contribution in [-0.4, -0.2) is 51.7 Å². The topological polar surface area (TPSA) is 89.0 Å². The van der Waals surface area contributed by atoms with Crippen molar-refractivity contribution in [3.63, 3.8) is 0 Å². The van der Waals surface area contributed by atoms with Gasteiger partial charge in [-0.25, -0.2) is 13.4 Å². The highest BCUT2D eigenvalue weighted by Gasteiger charge is 2.28. The van der Waals surface area contributed by atoms with Crippen LogP contribution in [0.2, 0.25) is 0 Å². The summed E-state index contributed by atoms with van der Waals surface area (Å²) in [6.45, 7) is 2.43. The smallest absolute Gasteiger partial charge is 0.191 e. The van der Waals surface area contributed by atoms with Gasteiger partial charge in [-0.3, -0.25) is 0 Å². The van der Waals surface area contributed by atoms with Gasteiger partial charge in [0.25, 0.3) is 0 Å². The highest BCUT2D eigenvalue weighted by Crippen LogP contribution is 2.33. The Morgan fingerprint density at radius 1 is 1.19 bits per heavy atom. The molecule has 2 N–H and O–H groups in total. The number of fused-ring (bicyclic) bond motifs is 1. The lowest BCUT2D eigenvalue weighted by molar-refractivity contribution is 0.296. The van der Waals surface area contributed by atoms with Gasteiger partial charge in [0.15, 0.2) is 27.3 Å². The maximum absolute atomic E-state index is 11.6. The molecule has 0 spiro atoms. The fraction of sp³-hybridized carbons (Fsp3) is 0.632. The molecule has 1 atom stereocenters. The van der Waals surface area contributed by atoms with Crippen molar-refractivity contribution < 1.29 is 17.9 Å². The second-order valence-corrected chi connectivity index (χ2v) is 9.76. The molecule has 4 rings (SSSR count). The molecule has 0 amide bonds. The van der Waals surface area contributed by atoms with Crippen LogP contribution in [-0.2, 0) is 16.4 Å². The van der Waals surface area contributed by atoms with Gasteiger partial charge in [0.1, 0.15) is 0 Å². The number of ether oxygens (including phenoxy) is 2.